The van der Waals surface area contributed by atoms with Crippen molar-refractivity contribution in [1.29, 1.82) is 0 Å². The SMILES string of the molecule is CCOc1cncc(-c2cnc(C(=O)NCC(O)CC)s2)n1. The summed E-state index contributed by atoms with van der Waals surface area (Å²) >= 11 is 1.22. The second kappa shape index (κ2) is 7.81. The number of aromatic nitrogens is 3. The monoisotopic (exact) mass is 322 g/mol. The van der Waals surface area contributed by atoms with Crippen LogP contribution < -0.4 is 10.1 Å². The summed E-state index contributed by atoms with van der Waals surface area (Å²) in [5.41, 5.74) is 0.607. The zero-order valence-electron chi connectivity index (χ0n) is 12.4. The third-order valence-electron chi connectivity index (χ3n) is 2.83. The maximum Gasteiger partial charge on any atom is 0.280 e. The number of nitrogens with one attached hydrogen (secondary N) is 1. The highest BCUT2D eigenvalue weighted by Crippen LogP contribution is 2.25. The molecular formula is C14H18N4O3S. The van der Waals surface area contributed by atoms with E-state index in [1.54, 1.807) is 12.4 Å². The second-order valence-electron chi connectivity index (χ2n) is 4.48. The standard InChI is InChI=1S/C14H18N4O3S/c1-3-9(19)5-16-13(20)14-17-7-11(22-14)10-6-15-8-12(18-10)21-4-2/h6-9,19H,3-5H2,1-2H3,(H,16,20). The Morgan fingerprint density at radius 3 is 2.95 bits per heavy atom. The van der Waals surface area contributed by atoms with E-state index < -0.39 is 6.10 Å². The van der Waals surface area contributed by atoms with Crippen molar-refractivity contribution in [2.24, 2.45) is 0 Å². The first kappa shape index (κ1) is 16.3. The van der Waals surface area contributed by atoms with Gasteiger partial charge in [0.2, 0.25) is 5.88 Å². The number of thiazole rings is 1. The summed E-state index contributed by atoms with van der Waals surface area (Å²) in [6, 6.07) is 0. The van der Waals surface area contributed by atoms with Gasteiger partial charge in [0, 0.05) is 12.7 Å². The van der Waals surface area contributed by atoms with Crippen molar-refractivity contribution in [3.05, 3.63) is 23.6 Å². The molecular weight excluding hydrogens is 304 g/mol. The molecule has 8 heteroatoms. The highest BCUT2D eigenvalue weighted by Gasteiger charge is 2.14. The topological polar surface area (TPSA) is 97.2 Å². The Bertz CT molecular complexity index is 632. The summed E-state index contributed by atoms with van der Waals surface area (Å²) in [6.45, 7) is 4.44. The zero-order chi connectivity index (χ0) is 15.9. The minimum Gasteiger partial charge on any atom is -0.477 e. The van der Waals surface area contributed by atoms with Gasteiger partial charge in [-0.3, -0.25) is 9.78 Å². The number of carbonyl (C=O) groups is 1. The molecule has 0 bridgehead atoms. The Morgan fingerprint density at radius 2 is 2.23 bits per heavy atom. The molecule has 0 radical (unpaired) electrons. The average molecular weight is 322 g/mol. The number of rotatable bonds is 7. The summed E-state index contributed by atoms with van der Waals surface area (Å²) in [7, 11) is 0. The number of aliphatic hydroxyl groups excluding tert-OH is 1. The Labute approximate surface area is 132 Å². The van der Waals surface area contributed by atoms with Crippen molar-refractivity contribution >= 4 is 17.2 Å². The van der Waals surface area contributed by atoms with Crippen LogP contribution in [0.3, 0.4) is 0 Å². The van der Waals surface area contributed by atoms with Gasteiger partial charge in [0.25, 0.3) is 5.91 Å². The van der Waals surface area contributed by atoms with E-state index in [2.05, 4.69) is 20.3 Å². The molecule has 0 spiro atoms. The molecule has 0 aliphatic carbocycles. The maximum absolute atomic E-state index is 11.9. The van der Waals surface area contributed by atoms with Crippen LogP contribution in [0.5, 0.6) is 5.88 Å². The van der Waals surface area contributed by atoms with Gasteiger partial charge < -0.3 is 15.2 Å². The maximum atomic E-state index is 11.9. The van der Waals surface area contributed by atoms with Crippen molar-refractivity contribution in [3.63, 3.8) is 0 Å². The van der Waals surface area contributed by atoms with Gasteiger partial charge in [-0.05, 0) is 13.3 Å². The van der Waals surface area contributed by atoms with Gasteiger partial charge in [0.05, 0.1) is 30.0 Å². The van der Waals surface area contributed by atoms with Crippen LogP contribution >= 0.6 is 11.3 Å². The average Bonchev–Trinajstić information content (AvgIpc) is 3.03. The van der Waals surface area contributed by atoms with Gasteiger partial charge in [-0.1, -0.05) is 6.92 Å². The molecule has 0 aliphatic rings. The molecule has 2 rings (SSSR count). The third kappa shape index (κ3) is 4.22. The Hall–Kier alpha value is -2.06. The lowest BCUT2D eigenvalue weighted by molar-refractivity contribution is 0.0913. The van der Waals surface area contributed by atoms with E-state index in [1.807, 2.05) is 13.8 Å². The van der Waals surface area contributed by atoms with Crippen LogP contribution in [0.25, 0.3) is 10.6 Å². The molecule has 2 aromatic heterocycles. The van der Waals surface area contributed by atoms with Crippen LogP contribution in [-0.2, 0) is 0 Å². The van der Waals surface area contributed by atoms with Crippen molar-refractivity contribution < 1.29 is 14.6 Å². The summed E-state index contributed by atoms with van der Waals surface area (Å²) < 4.78 is 5.30. The van der Waals surface area contributed by atoms with E-state index in [0.717, 1.165) is 4.88 Å². The van der Waals surface area contributed by atoms with E-state index in [-0.39, 0.29) is 12.5 Å². The zero-order valence-corrected chi connectivity index (χ0v) is 13.3. The summed E-state index contributed by atoms with van der Waals surface area (Å²) in [5, 5.41) is 12.4. The molecule has 2 aromatic rings. The van der Waals surface area contributed by atoms with Crippen LogP contribution in [0.15, 0.2) is 18.6 Å². The summed E-state index contributed by atoms with van der Waals surface area (Å²) in [5.74, 6) is 0.128. The smallest absolute Gasteiger partial charge is 0.280 e. The molecule has 22 heavy (non-hydrogen) atoms. The molecule has 1 atom stereocenters. The number of aliphatic hydroxyl groups is 1. The second-order valence-corrected chi connectivity index (χ2v) is 5.51. The number of carbonyl (C=O) groups excluding carboxylic acids is 1. The normalized spacial score (nSPS) is 12.0. The first-order chi connectivity index (χ1) is 10.6. The first-order valence-corrected chi connectivity index (χ1v) is 7.83. The minimum atomic E-state index is -0.544. The Balaban J connectivity index is 2.07. The lowest BCUT2D eigenvalue weighted by Gasteiger charge is -2.07. The highest BCUT2D eigenvalue weighted by atomic mass is 32.1. The fourth-order valence-electron chi connectivity index (χ4n) is 1.61. The largest absolute Gasteiger partial charge is 0.477 e. The summed E-state index contributed by atoms with van der Waals surface area (Å²) in [4.78, 5) is 25.1. The predicted molar refractivity (Wildman–Crippen MR) is 82.9 cm³/mol. The molecule has 2 heterocycles. The molecule has 0 saturated carbocycles. The molecule has 1 unspecified atom stereocenters. The van der Waals surface area contributed by atoms with Crippen LogP contribution in [0.4, 0.5) is 0 Å². The predicted octanol–water partition coefficient (Wildman–Crippen LogP) is 1.50. The van der Waals surface area contributed by atoms with Crippen LogP contribution in [0.2, 0.25) is 0 Å². The van der Waals surface area contributed by atoms with Gasteiger partial charge in [-0.25, -0.2) is 9.97 Å². The number of amides is 1. The quantitative estimate of drug-likeness (QED) is 0.802. The van der Waals surface area contributed by atoms with Gasteiger partial charge in [-0.2, -0.15) is 0 Å². The first-order valence-electron chi connectivity index (χ1n) is 7.01. The van der Waals surface area contributed by atoms with Crippen molar-refractivity contribution in [2.45, 2.75) is 26.4 Å². The van der Waals surface area contributed by atoms with Crippen LogP contribution in [-0.4, -0.2) is 45.2 Å². The molecule has 0 saturated heterocycles. The van der Waals surface area contributed by atoms with E-state index in [1.165, 1.54) is 17.5 Å². The lowest BCUT2D eigenvalue weighted by atomic mass is 10.3. The van der Waals surface area contributed by atoms with Gasteiger partial charge in [0.15, 0.2) is 5.01 Å². The minimum absolute atomic E-state index is 0.212. The number of nitrogens with zero attached hydrogens (tertiary/aromatic N) is 3. The molecule has 1 amide bonds. The van der Waals surface area contributed by atoms with E-state index in [0.29, 0.717) is 29.6 Å². The number of hydrogen-bond acceptors (Lipinski definition) is 7. The van der Waals surface area contributed by atoms with Gasteiger partial charge in [-0.15, -0.1) is 11.3 Å². The van der Waals surface area contributed by atoms with Gasteiger partial charge >= 0.3 is 0 Å². The third-order valence-corrected chi connectivity index (χ3v) is 3.85. The molecule has 0 aromatic carbocycles. The van der Waals surface area contributed by atoms with Crippen molar-refractivity contribution in [1.82, 2.24) is 20.3 Å². The molecule has 2 N–H and O–H groups in total. The van der Waals surface area contributed by atoms with Gasteiger partial charge in [0.1, 0.15) is 5.69 Å². The van der Waals surface area contributed by atoms with E-state index in [4.69, 9.17) is 4.74 Å². The molecule has 0 fully saturated rings. The molecule has 0 aliphatic heterocycles. The summed E-state index contributed by atoms with van der Waals surface area (Å²) in [6.07, 6.45) is 4.75. The van der Waals surface area contributed by atoms with Crippen molar-refractivity contribution in [2.75, 3.05) is 13.2 Å². The fourth-order valence-corrected chi connectivity index (χ4v) is 2.40. The molecule has 118 valence electrons. The Morgan fingerprint density at radius 1 is 1.41 bits per heavy atom. The van der Waals surface area contributed by atoms with E-state index in [9.17, 15) is 9.90 Å². The Kier molecular flexibility index (Phi) is 5.79. The molecule has 7 nitrogen and oxygen atoms in total. The number of hydrogen-bond donors (Lipinski definition) is 2. The van der Waals surface area contributed by atoms with Crippen LogP contribution in [0, 0.1) is 0 Å². The number of ether oxygens (including phenoxy) is 1. The van der Waals surface area contributed by atoms with E-state index >= 15 is 0 Å². The fraction of sp³-hybridized carbons (Fsp3) is 0.429. The lowest BCUT2D eigenvalue weighted by Crippen LogP contribution is -2.31. The van der Waals surface area contributed by atoms with Crippen molar-refractivity contribution in [3.8, 4) is 16.5 Å². The van der Waals surface area contributed by atoms with Crippen LogP contribution in [0.1, 0.15) is 30.1 Å². The highest BCUT2D eigenvalue weighted by molar-refractivity contribution is 7.16.